The second kappa shape index (κ2) is 5.54. The molecular weight excluding hydrogens is 339 g/mol. The van der Waals surface area contributed by atoms with Crippen molar-refractivity contribution in [3.63, 3.8) is 0 Å². The molecule has 9 heteroatoms. The molecule has 2 aliphatic rings. The molecule has 1 saturated carbocycles. The van der Waals surface area contributed by atoms with Crippen LogP contribution in [0.1, 0.15) is 39.2 Å². The van der Waals surface area contributed by atoms with Gasteiger partial charge in [0, 0.05) is 24.7 Å². The first-order valence-electron chi connectivity index (χ1n) is 8.85. The second-order valence-corrected chi connectivity index (χ2v) is 7.98. The maximum Gasteiger partial charge on any atom is 0.351 e. The predicted molar refractivity (Wildman–Crippen MR) is 97.2 cm³/mol. The highest BCUT2D eigenvalue weighted by molar-refractivity contribution is 5.77. The number of halogens is 1. The van der Waals surface area contributed by atoms with Crippen LogP contribution in [0.15, 0.2) is 15.7 Å². The molecular formula is C17H23FN6O2. The monoisotopic (exact) mass is 362 g/mol. The summed E-state index contributed by atoms with van der Waals surface area (Å²) in [5.41, 5.74) is 4.68. The number of fused-ring (bicyclic) bond motifs is 1. The van der Waals surface area contributed by atoms with Gasteiger partial charge in [-0.1, -0.05) is 0 Å². The Hall–Kier alpha value is -2.42. The molecule has 1 aliphatic carbocycles. The first-order chi connectivity index (χ1) is 12.2. The summed E-state index contributed by atoms with van der Waals surface area (Å²) in [5, 5.41) is 0.0233. The van der Waals surface area contributed by atoms with Crippen LogP contribution >= 0.6 is 0 Å². The van der Waals surface area contributed by atoms with Crippen LogP contribution in [0.4, 0.5) is 10.2 Å². The molecule has 2 aromatic rings. The highest BCUT2D eigenvalue weighted by Crippen LogP contribution is 2.36. The average Bonchev–Trinajstić information content (AvgIpc) is 3.27. The Morgan fingerprint density at radius 2 is 1.96 bits per heavy atom. The third kappa shape index (κ3) is 2.57. The van der Waals surface area contributed by atoms with Crippen LogP contribution in [0.3, 0.4) is 0 Å². The van der Waals surface area contributed by atoms with Gasteiger partial charge in [0.1, 0.15) is 0 Å². The zero-order valence-corrected chi connectivity index (χ0v) is 14.9. The SMILES string of the molecule is CC(C)(N)[C@@H]1CCN(c2nc3c(cc2F)c(=O)n(N)c(=O)n3C2CC2)C1. The summed E-state index contributed by atoms with van der Waals surface area (Å²) in [6.45, 7) is 5.13. The summed E-state index contributed by atoms with van der Waals surface area (Å²) in [5.74, 6) is 5.37. The van der Waals surface area contributed by atoms with Gasteiger partial charge in [0.05, 0.1) is 5.39 Å². The van der Waals surface area contributed by atoms with Gasteiger partial charge in [-0.3, -0.25) is 9.36 Å². The molecule has 140 valence electrons. The van der Waals surface area contributed by atoms with Crippen LogP contribution in [0.25, 0.3) is 11.0 Å². The maximum absolute atomic E-state index is 14.7. The van der Waals surface area contributed by atoms with Gasteiger partial charge in [0.15, 0.2) is 17.3 Å². The zero-order chi connectivity index (χ0) is 18.8. The zero-order valence-electron chi connectivity index (χ0n) is 14.9. The Balaban J connectivity index is 1.87. The number of pyridine rings is 1. The van der Waals surface area contributed by atoms with Gasteiger partial charge < -0.3 is 16.5 Å². The Bertz CT molecular complexity index is 1000. The molecule has 4 rings (SSSR count). The summed E-state index contributed by atoms with van der Waals surface area (Å²) >= 11 is 0. The minimum atomic E-state index is -0.734. The molecule has 2 fully saturated rings. The van der Waals surface area contributed by atoms with Crippen molar-refractivity contribution in [1.29, 1.82) is 0 Å². The summed E-state index contributed by atoms with van der Waals surface area (Å²) in [7, 11) is 0. The van der Waals surface area contributed by atoms with Crippen LogP contribution in [0, 0.1) is 11.7 Å². The Morgan fingerprint density at radius 3 is 2.54 bits per heavy atom. The maximum atomic E-state index is 14.7. The third-order valence-electron chi connectivity index (χ3n) is 5.48. The molecule has 0 unspecified atom stereocenters. The lowest BCUT2D eigenvalue weighted by atomic mass is 9.88. The Labute approximate surface area is 149 Å². The smallest absolute Gasteiger partial charge is 0.351 e. The average molecular weight is 362 g/mol. The summed E-state index contributed by atoms with van der Waals surface area (Å²) in [6, 6.07) is 1.10. The van der Waals surface area contributed by atoms with E-state index in [1.807, 2.05) is 18.7 Å². The molecule has 0 aromatic carbocycles. The fraction of sp³-hybridized carbons (Fsp3) is 0.588. The fourth-order valence-electron chi connectivity index (χ4n) is 3.68. The number of anilines is 1. The highest BCUT2D eigenvalue weighted by atomic mass is 19.1. The van der Waals surface area contributed by atoms with Crippen molar-refractivity contribution >= 4 is 16.9 Å². The van der Waals surface area contributed by atoms with Crippen LogP contribution in [0.5, 0.6) is 0 Å². The van der Waals surface area contributed by atoms with E-state index in [1.165, 1.54) is 4.57 Å². The van der Waals surface area contributed by atoms with Crippen LogP contribution in [-0.2, 0) is 0 Å². The predicted octanol–water partition coefficient (Wildman–Crippen LogP) is 0.310. The molecule has 0 amide bonds. The van der Waals surface area contributed by atoms with Crippen molar-refractivity contribution < 1.29 is 4.39 Å². The third-order valence-corrected chi connectivity index (χ3v) is 5.48. The molecule has 8 nitrogen and oxygen atoms in total. The van der Waals surface area contributed by atoms with Gasteiger partial charge in [-0.05, 0) is 45.1 Å². The number of nitrogens with two attached hydrogens (primary N) is 2. The van der Waals surface area contributed by atoms with E-state index in [1.54, 1.807) is 0 Å². The number of nitrogen functional groups attached to an aromatic ring is 1. The van der Waals surface area contributed by atoms with Crippen molar-refractivity contribution in [2.45, 2.75) is 44.7 Å². The molecule has 26 heavy (non-hydrogen) atoms. The first kappa shape index (κ1) is 17.0. The molecule has 0 spiro atoms. The largest absolute Gasteiger partial charge is 0.354 e. The van der Waals surface area contributed by atoms with E-state index in [-0.39, 0.29) is 34.3 Å². The number of rotatable bonds is 3. The molecule has 0 radical (unpaired) electrons. The van der Waals surface area contributed by atoms with Crippen molar-refractivity contribution in [1.82, 2.24) is 14.2 Å². The van der Waals surface area contributed by atoms with Gasteiger partial charge in [0.25, 0.3) is 5.56 Å². The standard InChI is InChI=1S/C17H23FN6O2/c1-17(2,19)9-5-6-22(8-9)14-12(18)7-11-13(21-14)23(10-3-4-10)16(26)24(20)15(11)25/h7,9-10H,3-6,8,19-20H2,1-2H3/t9-/m1/s1. The van der Waals surface area contributed by atoms with E-state index in [0.717, 1.165) is 25.3 Å². The van der Waals surface area contributed by atoms with Crippen molar-refractivity contribution in [3.05, 3.63) is 32.7 Å². The summed E-state index contributed by atoms with van der Waals surface area (Å²) < 4.78 is 16.7. The number of nitrogens with zero attached hydrogens (tertiary/aromatic N) is 4. The second-order valence-electron chi connectivity index (χ2n) is 7.98. The Kier molecular flexibility index (Phi) is 3.62. The minimum Gasteiger partial charge on any atom is -0.354 e. The summed E-state index contributed by atoms with van der Waals surface area (Å²) in [4.78, 5) is 31.0. The van der Waals surface area contributed by atoms with Gasteiger partial charge in [0.2, 0.25) is 0 Å². The van der Waals surface area contributed by atoms with Crippen molar-refractivity contribution in [2.24, 2.45) is 11.7 Å². The normalized spacial score (nSPS) is 20.9. The molecule has 1 atom stereocenters. The molecule has 1 saturated heterocycles. The molecule has 4 N–H and O–H groups in total. The molecule has 0 bridgehead atoms. The lowest BCUT2D eigenvalue weighted by Gasteiger charge is -2.27. The highest BCUT2D eigenvalue weighted by Gasteiger charge is 2.35. The Morgan fingerprint density at radius 1 is 1.27 bits per heavy atom. The van der Waals surface area contributed by atoms with Gasteiger partial charge in [-0.15, -0.1) is 0 Å². The molecule has 1 aliphatic heterocycles. The van der Waals surface area contributed by atoms with Gasteiger partial charge >= 0.3 is 5.69 Å². The van der Waals surface area contributed by atoms with E-state index >= 15 is 0 Å². The van der Waals surface area contributed by atoms with E-state index < -0.39 is 17.1 Å². The van der Waals surface area contributed by atoms with Crippen molar-refractivity contribution in [2.75, 3.05) is 23.8 Å². The number of hydrogen-bond acceptors (Lipinski definition) is 6. The fourth-order valence-corrected chi connectivity index (χ4v) is 3.68. The van der Waals surface area contributed by atoms with E-state index in [4.69, 9.17) is 11.6 Å². The minimum absolute atomic E-state index is 0.0233. The quantitative estimate of drug-likeness (QED) is 0.760. The van der Waals surface area contributed by atoms with Crippen molar-refractivity contribution in [3.8, 4) is 0 Å². The van der Waals surface area contributed by atoms with Gasteiger partial charge in [-0.25, -0.2) is 14.2 Å². The van der Waals surface area contributed by atoms with E-state index in [0.29, 0.717) is 17.8 Å². The van der Waals surface area contributed by atoms with E-state index in [2.05, 4.69) is 4.98 Å². The lowest BCUT2D eigenvalue weighted by Crippen LogP contribution is -2.45. The van der Waals surface area contributed by atoms with E-state index in [9.17, 15) is 14.0 Å². The molecule has 3 heterocycles. The first-order valence-corrected chi connectivity index (χ1v) is 8.85. The topological polar surface area (TPSA) is 112 Å². The van der Waals surface area contributed by atoms with Crippen LogP contribution in [-0.4, -0.2) is 32.9 Å². The lowest BCUT2D eigenvalue weighted by molar-refractivity contribution is 0.348. The van der Waals surface area contributed by atoms with Crippen LogP contribution < -0.4 is 27.7 Å². The van der Waals surface area contributed by atoms with Crippen LogP contribution in [0.2, 0.25) is 0 Å². The number of hydrogen-bond donors (Lipinski definition) is 2. The van der Waals surface area contributed by atoms with Gasteiger partial charge in [-0.2, -0.15) is 4.68 Å². The summed E-state index contributed by atoms with van der Waals surface area (Å²) in [6.07, 6.45) is 2.46. The molecule has 2 aromatic heterocycles. The number of aromatic nitrogens is 3.